The molecule has 0 spiro atoms. The first-order valence-electron chi connectivity index (χ1n) is 4.27. The van der Waals surface area contributed by atoms with E-state index < -0.39 is 0 Å². The second-order valence-corrected chi connectivity index (χ2v) is 2.94. The summed E-state index contributed by atoms with van der Waals surface area (Å²) in [5.74, 6) is 1.29. The summed E-state index contributed by atoms with van der Waals surface area (Å²) >= 11 is 0. The highest BCUT2D eigenvalue weighted by Crippen LogP contribution is 2.20. The maximum atomic E-state index is 5.04. The van der Waals surface area contributed by atoms with Crippen LogP contribution in [-0.4, -0.2) is 12.1 Å². The highest BCUT2D eigenvalue weighted by Gasteiger charge is 2.03. The van der Waals surface area contributed by atoms with Crippen LogP contribution in [0.4, 0.5) is 0 Å². The van der Waals surface area contributed by atoms with E-state index in [2.05, 4.69) is 18.8 Å². The molecule has 0 saturated carbocycles. The van der Waals surface area contributed by atoms with Crippen LogP contribution < -0.4 is 4.74 Å². The number of rotatable bonds is 3. The minimum absolute atomic E-state index is 0.585. The molecular weight excluding hydrogens is 150 g/mol. The molecule has 0 bridgehead atoms. The van der Waals surface area contributed by atoms with E-state index >= 15 is 0 Å². The molecule has 0 fully saturated rings. The van der Waals surface area contributed by atoms with Crippen LogP contribution in [0.15, 0.2) is 18.3 Å². The van der Waals surface area contributed by atoms with Crippen LogP contribution >= 0.6 is 0 Å². The third-order valence-electron chi connectivity index (χ3n) is 2.15. The summed E-state index contributed by atoms with van der Waals surface area (Å²) < 4.78 is 5.04. The number of nitrogens with zero attached hydrogens (tertiary/aromatic N) is 1. The summed E-state index contributed by atoms with van der Waals surface area (Å²) in [5.41, 5.74) is 1.30. The molecule has 1 aromatic rings. The Balaban J connectivity index is 2.86. The van der Waals surface area contributed by atoms with Gasteiger partial charge in [0.25, 0.3) is 0 Å². The Morgan fingerprint density at radius 1 is 1.58 bits per heavy atom. The maximum Gasteiger partial charge on any atom is 0.213 e. The third-order valence-corrected chi connectivity index (χ3v) is 2.15. The average molecular weight is 165 g/mol. The molecular formula is C10H15NO. The van der Waals surface area contributed by atoms with Gasteiger partial charge in [-0.2, -0.15) is 0 Å². The van der Waals surface area contributed by atoms with Gasteiger partial charge in [0.1, 0.15) is 0 Å². The van der Waals surface area contributed by atoms with Crippen molar-refractivity contribution in [3.05, 3.63) is 23.9 Å². The van der Waals surface area contributed by atoms with Gasteiger partial charge in [0, 0.05) is 12.3 Å². The van der Waals surface area contributed by atoms with E-state index in [9.17, 15) is 0 Å². The number of hydrogen-bond donors (Lipinski definition) is 0. The van der Waals surface area contributed by atoms with Crippen LogP contribution in [0.1, 0.15) is 31.7 Å². The molecule has 2 nitrogen and oxygen atoms in total. The van der Waals surface area contributed by atoms with Crippen molar-refractivity contribution in [2.45, 2.75) is 26.2 Å². The highest BCUT2D eigenvalue weighted by atomic mass is 16.5. The SMILES string of the molecule is CCC(C)c1ccnc(OC)c1. The van der Waals surface area contributed by atoms with E-state index in [1.54, 1.807) is 13.3 Å². The minimum atomic E-state index is 0.585. The van der Waals surface area contributed by atoms with E-state index in [0.29, 0.717) is 11.8 Å². The van der Waals surface area contributed by atoms with E-state index in [0.717, 1.165) is 6.42 Å². The predicted molar refractivity (Wildman–Crippen MR) is 49.5 cm³/mol. The molecule has 1 heterocycles. The molecule has 0 radical (unpaired) electrons. The van der Waals surface area contributed by atoms with Gasteiger partial charge in [-0.05, 0) is 24.0 Å². The number of hydrogen-bond acceptors (Lipinski definition) is 2. The van der Waals surface area contributed by atoms with Gasteiger partial charge in [0.05, 0.1) is 7.11 Å². The fourth-order valence-electron chi connectivity index (χ4n) is 1.08. The lowest BCUT2D eigenvalue weighted by Gasteiger charge is -2.08. The van der Waals surface area contributed by atoms with Gasteiger partial charge in [-0.1, -0.05) is 13.8 Å². The molecule has 1 unspecified atom stereocenters. The zero-order valence-electron chi connectivity index (χ0n) is 7.87. The Morgan fingerprint density at radius 3 is 2.92 bits per heavy atom. The fraction of sp³-hybridized carbons (Fsp3) is 0.500. The minimum Gasteiger partial charge on any atom is -0.481 e. The van der Waals surface area contributed by atoms with E-state index in [1.165, 1.54) is 5.56 Å². The van der Waals surface area contributed by atoms with Crippen molar-refractivity contribution in [2.75, 3.05) is 7.11 Å². The molecule has 66 valence electrons. The predicted octanol–water partition coefficient (Wildman–Crippen LogP) is 2.60. The van der Waals surface area contributed by atoms with Crippen molar-refractivity contribution in [3.63, 3.8) is 0 Å². The Kier molecular flexibility index (Phi) is 3.09. The van der Waals surface area contributed by atoms with Gasteiger partial charge in [-0.3, -0.25) is 0 Å². The Morgan fingerprint density at radius 2 is 2.33 bits per heavy atom. The Labute approximate surface area is 73.6 Å². The van der Waals surface area contributed by atoms with Crippen molar-refractivity contribution in [1.29, 1.82) is 0 Å². The van der Waals surface area contributed by atoms with Crippen molar-refractivity contribution in [1.82, 2.24) is 4.98 Å². The van der Waals surface area contributed by atoms with Crippen LogP contribution in [0.2, 0.25) is 0 Å². The largest absolute Gasteiger partial charge is 0.481 e. The summed E-state index contributed by atoms with van der Waals surface area (Å²) in [6.07, 6.45) is 2.94. The van der Waals surface area contributed by atoms with Gasteiger partial charge >= 0.3 is 0 Å². The topological polar surface area (TPSA) is 22.1 Å². The quantitative estimate of drug-likeness (QED) is 0.686. The lowest BCUT2D eigenvalue weighted by Crippen LogP contribution is -1.94. The van der Waals surface area contributed by atoms with E-state index in [4.69, 9.17) is 4.74 Å². The lowest BCUT2D eigenvalue weighted by molar-refractivity contribution is 0.397. The Hall–Kier alpha value is -1.05. The van der Waals surface area contributed by atoms with Gasteiger partial charge in [-0.25, -0.2) is 4.98 Å². The molecule has 0 aliphatic carbocycles. The summed E-state index contributed by atoms with van der Waals surface area (Å²) in [4.78, 5) is 4.05. The number of pyridine rings is 1. The van der Waals surface area contributed by atoms with Gasteiger partial charge < -0.3 is 4.74 Å². The molecule has 12 heavy (non-hydrogen) atoms. The van der Waals surface area contributed by atoms with Gasteiger partial charge in [-0.15, -0.1) is 0 Å². The number of aromatic nitrogens is 1. The van der Waals surface area contributed by atoms with Crippen molar-refractivity contribution >= 4 is 0 Å². The fourth-order valence-corrected chi connectivity index (χ4v) is 1.08. The summed E-state index contributed by atoms with van der Waals surface area (Å²) in [6, 6.07) is 4.03. The first-order chi connectivity index (χ1) is 5.77. The normalized spacial score (nSPS) is 12.6. The lowest BCUT2D eigenvalue weighted by atomic mass is 10.0. The molecule has 0 aliphatic rings. The maximum absolute atomic E-state index is 5.04. The molecule has 0 saturated heterocycles. The molecule has 0 amide bonds. The van der Waals surface area contributed by atoms with E-state index in [-0.39, 0.29) is 0 Å². The van der Waals surface area contributed by atoms with Crippen LogP contribution in [-0.2, 0) is 0 Å². The summed E-state index contributed by atoms with van der Waals surface area (Å²) in [5, 5.41) is 0. The molecule has 0 aromatic carbocycles. The van der Waals surface area contributed by atoms with Gasteiger partial charge in [0.2, 0.25) is 5.88 Å². The number of methoxy groups -OCH3 is 1. The summed E-state index contributed by atoms with van der Waals surface area (Å²) in [7, 11) is 1.64. The highest BCUT2D eigenvalue weighted by molar-refractivity contribution is 5.23. The number of ether oxygens (including phenoxy) is 1. The van der Waals surface area contributed by atoms with Crippen LogP contribution in [0.5, 0.6) is 5.88 Å². The molecule has 1 aromatic heterocycles. The zero-order valence-corrected chi connectivity index (χ0v) is 7.87. The first-order valence-corrected chi connectivity index (χ1v) is 4.27. The van der Waals surface area contributed by atoms with Crippen LogP contribution in [0.3, 0.4) is 0 Å². The molecule has 1 rings (SSSR count). The van der Waals surface area contributed by atoms with E-state index in [1.807, 2.05) is 12.1 Å². The van der Waals surface area contributed by atoms with Crippen LogP contribution in [0, 0.1) is 0 Å². The molecule has 0 N–H and O–H groups in total. The first kappa shape index (κ1) is 9.04. The standard InChI is InChI=1S/C10H15NO/c1-4-8(2)9-5-6-11-10(7-9)12-3/h5-8H,4H2,1-3H3. The monoisotopic (exact) mass is 165 g/mol. The molecule has 1 atom stereocenters. The second-order valence-electron chi connectivity index (χ2n) is 2.94. The van der Waals surface area contributed by atoms with Crippen molar-refractivity contribution < 1.29 is 4.74 Å². The average Bonchev–Trinajstić information content (AvgIpc) is 2.17. The molecule has 0 aliphatic heterocycles. The second kappa shape index (κ2) is 4.10. The summed E-state index contributed by atoms with van der Waals surface area (Å²) in [6.45, 7) is 4.38. The van der Waals surface area contributed by atoms with Crippen molar-refractivity contribution in [2.24, 2.45) is 0 Å². The van der Waals surface area contributed by atoms with Crippen molar-refractivity contribution in [3.8, 4) is 5.88 Å². The Bertz CT molecular complexity index is 247. The zero-order chi connectivity index (χ0) is 8.97. The third kappa shape index (κ3) is 1.97. The van der Waals surface area contributed by atoms with Gasteiger partial charge in [0.15, 0.2) is 0 Å². The molecule has 2 heteroatoms. The van der Waals surface area contributed by atoms with Crippen LogP contribution in [0.25, 0.3) is 0 Å². The smallest absolute Gasteiger partial charge is 0.213 e.